The summed E-state index contributed by atoms with van der Waals surface area (Å²) in [5.41, 5.74) is 10.7. The number of hydrogen-bond acceptors (Lipinski definition) is 4. The standard InChI is InChI=1S/C10H13N3O2S/c11-5-10(2-3-10)9(15)13-8-6(7(12)14)1-4-16-8/h1,4H,2-3,5,11H2,(H2,12,14)(H,13,15). The maximum Gasteiger partial charge on any atom is 0.251 e. The summed E-state index contributed by atoms with van der Waals surface area (Å²) in [6.45, 7) is 0.343. The zero-order chi connectivity index (χ0) is 11.8. The molecule has 6 heteroatoms. The Kier molecular flexibility index (Phi) is 2.69. The van der Waals surface area contributed by atoms with Gasteiger partial charge in [-0.25, -0.2) is 0 Å². The second-order valence-corrected chi connectivity index (χ2v) is 4.88. The van der Waals surface area contributed by atoms with E-state index >= 15 is 0 Å². The largest absolute Gasteiger partial charge is 0.366 e. The lowest BCUT2D eigenvalue weighted by Gasteiger charge is -2.12. The van der Waals surface area contributed by atoms with E-state index in [0.29, 0.717) is 17.1 Å². The molecule has 86 valence electrons. The zero-order valence-corrected chi connectivity index (χ0v) is 9.47. The van der Waals surface area contributed by atoms with Gasteiger partial charge in [-0.15, -0.1) is 11.3 Å². The third-order valence-electron chi connectivity index (χ3n) is 2.88. The van der Waals surface area contributed by atoms with Crippen molar-refractivity contribution >= 4 is 28.2 Å². The molecule has 0 unspecified atom stereocenters. The van der Waals surface area contributed by atoms with Gasteiger partial charge in [-0.3, -0.25) is 9.59 Å². The topological polar surface area (TPSA) is 98.2 Å². The van der Waals surface area contributed by atoms with Gasteiger partial charge in [-0.1, -0.05) is 0 Å². The highest BCUT2D eigenvalue weighted by molar-refractivity contribution is 7.14. The fourth-order valence-electron chi connectivity index (χ4n) is 1.51. The van der Waals surface area contributed by atoms with Gasteiger partial charge in [0.05, 0.1) is 11.0 Å². The van der Waals surface area contributed by atoms with Crippen molar-refractivity contribution in [3.05, 3.63) is 17.0 Å². The van der Waals surface area contributed by atoms with Crippen LogP contribution in [0, 0.1) is 5.41 Å². The first kappa shape index (κ1) is 11.1. The maximum atomic E-state index is 11.9. The minimum Gasteiger partial charge on any atom is -0.366 e. The molecule has 1 fully saturated rings. The third kappa shape index (κ3) is 1.81. The van der Waals surface area contributed by atoms with Crippen LogP contribution in [0.4, 0.5) is 5.00 Å². The molecule has 16 heavy (non-hydrogen) atoms. The summed E-state index contributed by atoms with van der Waals surface area (Å²) >= 11 is 1.29. The Morgan fingerprint density at radius 3 is 2.69 bits per heavy atom. The van der Waals surface area contributed by atoms with Gasteiger partial charge in [0, 0.05) is 6.54 Å². The maximum absolute atomic E-state index is 11.9. The number of anilines is 1. The quantitative estimate of drug-likeness (QED) is 0.714. The summed E-state index contributed by atoms with van der Waals surface area (Å²) in [5, 5.41) is 4.96. The molecule has 2 rings (SSSR count). The van der Waals surface area contributed by atoms with Crippen LogP contribution in [0.5, 0.6) is 0 Å². The predicted molar refractivity (Wildman–Crippen MR) is 62.2 cm³/mol. The first-order chi connectivity index (χ1) is 7.59. The second kappa shape index (κ2) is 3.88. The lowest BCUT2D eigenvalue weighted by molar-refractivity contribution is -0.120. The average Bonchev–Trinajstić information content (AvgIpc) is 2.92. The van der Waals surface area contributed by atoms with Crippen LogP contribution in [0.3, 0.4) is 0 Å². The first-order valence-electron chi connectivity index (χ1n) is 4.98. The zero-order valence-electron chi connectivity index (χ0n) is 8.66. The Bertz CT molecular complexity index is 437. The minimum absolute atomic E-state index is 0.111. The fraction of sp³-hybridized carbons (Fsp3) is 0.400. The van der Waals surface area contributed by atoms with Crippen LogP contribution in [0.1, 0.15) is 23.2 Å². The summed E-state index contributed by atoms with van der Waals surface area (Å²) in [4.78, 5) is 22.9. The molecule has 0 atom stereocenters. The van der Waals surface area contributed by atoms with Gasteiger partial charge >= 0.3 is 0 Å². The van der Waals surface area contributed by atoms with E-state index in [-0.39, 0.29) is 5.91 Å². The molecule has 0 radical (unpaired) electrons. The molecule has 0 saturated heterocycles. The summed E-state index contributed by atoms with van der Waals surface area (Å²) in [7, 11) is 0. The van der Waals surface area contributed by atoms with Gasteiger partial charge < -0.3 is 16.8 Å². The van der Waals surface area contributed by atoms with Crippen molar-refractivity contribution in [1.82, 2.24) is 0 Å². The molecule has 0 aromatic carbocycles. The van der Waals surface area contributed by atoms with E-state index in [1.807, 2.05) is 0 Å². The van der Waals surface area contributed by atoms with E-state index in [9.17, 15) is 9.59 Å². The smallest absolute Gasteiger partial charge is 0.251 e. The SMILES string of the molecule is NCC1(C(=O)Nc2sccc2C(N)=O)CC1. The minimum atomic E-state index is -0.533. The summed E-state index contributed by atoms with van der Waals surface area (Å²) in [6.07, 6.45) is 1.62. The molecule has 1 saturated carbocycles. The Morgan fingerprint density at radius 2 is 2.19 bits per heavy atom. The van der Waals surface area contributed by atoms with Crippen molar-refractivity contribution in [2.24, 2.45) is 16.9 Å². The van der Waals surface area contributed by atoms with Crippen molar-refractivity contribution in [2.75, 3.05) is 11.9 Å². The van der Waals surface area contributed by atoms with Gasteiger partial charge in [0.1, 0.15) is 5.00 Å². The van der Waals surface area contributed by atoms with E-state index in [1.54, 1.807) is 11.4 Å². The van der Waals surface area contributed by atoms with Gasteiger partial charge in [-0.2, -0.15) is 0 Å². The van der Waals surface area contributed by atoms with Crippen LogP contribution < -0.4 is 16.8 Å². The number of rotatable bonds is 4. The summed E-state index contributed by atoms with van der Waals surface area (Å²) in [6, 6.07) is 1.60. The van der Waals surface area contributed by atoms with E-state index in [2.05, 4.69) is 5.32 Å². The highest BCUT2D eigenvalue weighted by atomic mass is 32.1. The van der Waals surface area contributed by atoms with Crippen LogP contribution in [0.25, 0.3) is 0 Å². The van der Waals surface area contributed by atoms with Gasteiger partial charge in [0.15, 0.2) is 0 Å². The molecule has 1 aliphatic carbocycles. The van der Waals surface area contributed by atoms with Crippen molar-refractivity contribution in [3.63, 3.8) is 0 Å². The lowest BCUT2D eigenvalue weighted by atomic mass is 10.1. The van der Waals surface area contributed by atoms with Crippen LogP contribution in [-0.2, 0) is 4.79 Å². The lowest BCUT2D eigenvalue weighted by Crippen LogP contribution is -2.31. The van der Waals surface area contributed by atoms with Crippen molar-refractivity contribution < 1.29 is 9.59 Å². The molecular formula is C10H13N3O2S. The van der Waals surface area contributed by atoms with Crippen LogP contribution in [0.2, 0.25) is 0 Å². The number of amides is 2. The molecule has 2 amide bonds. The van der Waals surface area contributed by atoms with E-state index in [0.717, 1.165) is 12.8 Å². The molecular weight excluding hydrogens is 226 g/mol. The average molecular weight is 239 g/mol. The number of primary amides is 1. The highest BCUT2D eigenvalue weighted by Gasteiger charge is 2.48. The Balaban J connectivity index is 2.12. The molecule has 1 aromatic rings. The monoisotopic (exact) mass is 239 g/mol. The highest BCUT2D eigenvalue weighted by Crippen LogP contribution is 2.45. The molecule has 1 aromatic heterocycles. The molecule has 1 heterocycles. The van der Waals surface area contributed by atoms with E-state index < -0.39 is 11.3 Å². The predicted octanol–water partition coefficient (Wildman–Crippen LogP) is 0.524. The first-order valence-corrected chi connectivity index (χ1v) is 5.86. The number of carbonyl (C=O) groups excluding carboxylic acids is 2. The Labute approximate surface area is 96.8 Å². The van der Waals surface area contributed by atoms with E-state index in [1.165, 1.54) is 11.3 Å². The van der Waals surface area contributed by atoms with Crippen LogP contribution in [0.15, 0.2) is 11.4 Å². The second-order valence-electron chi connectivity index (χ2n) is 3.97. The molecule has 5 N–H and O–H groups in total. The van der Waals surface area contributed by atoms with E-state index in [4.69, 9.17) is 11.5 Å². The number of hydrogen-bond donors (Lipinski definition) is 3. The van der Waals surface area contributed by atoms with Gasteiger partial charge in [0.25, 0.3) is 5.91 Å². The molecule has 0 spiro atoms. The Morgan fingerprint density at radius 1 is 1.50 bits per heavy atom. The summed E-state index contributed by atoms with van der Waals surface area (Å²) < 4.78 is 0. The third-order valence-corrected chi connectivity index (χ3v) is 3.71. The molecule has 0 bridgehead atoms. The van der Waals surface area contributed by atoms with Gasteiger partial charge in [0.2, 0.25) is 5.91 Å². The number of nitrogens with two attached hydrogens (primary N) is 2. The number of nitrogens with one attached hydrogen (secondary N) is 1. The number of carbonyl (C=O) groups is 2. The normalized spacial score (nSPS) is 16.8. The van der Waals surface area contributed by atoms with Crippen LogP contribution in [-0.4, -0.2) is 18.4 Å². The van der Waals surface area contributed by atoms with Crippen LogP contribution >= 0.6 is 11.3 Å². The number of thiophene rings is 1. The molecule has 0 aliphatic heterocycles. The summed E-state index contributed by atoms with van der Waals surface area (Å²) in [5.74, 6) is -0.644. The Hall–Kier alpha value is -1.40. The van der Waals surface area contributed by atoms with Crippen molar-refractivity contribution in [1.29, 1.82) is 0 Å². The van der Waals surface area contributed by atoms with Crippen molar-refractivity contribution in [2.45, 2.75) is 12.8 Å². The van der Waals surface area contributed by atoms with Crippen molar-refractivity contribution in [3.8, 4) is 0 Å². The fourth-order valence-corrected chi connectivity index (χ4v) is 2.30. The molecule has 1 aliphatic rings. The molecule has 5 nitrogen and oxygen atoms in total. The van der Waals surface area contributed by atoms with Gasteiger partial charge in [-0.05, 0) is 24.3 Å².